The van der Waals surface area contributed by atoms with Crippen LogP contribution in [0.5, 0.6) is 0 Å². The zero-order valence-corrected chi connectivity index (χ0v) is 13.5. The summed E-state index contributed by atoms with van der Waals surface area (Å²) >= 11 is 5.88. The number of aliphatic hydroxyl groups is 1. The molecule has 1 aromatic rings. The highest BCUT2D eigenvalue weighted by Gasteiger charge is 2.27. The molecule has 0 radical (unpaired) electrons. The number of hydrogen-bond acceptors (Lipinski definition) is 2. The summed E-state index contributed by atoms with van der Waals surface area (Å²) in [5, 5.41) is 10.6. The Morgan fingerprint density at radius 1 is 1.43 bits per heavy atom. The minimum Gasteiger partial charge on any atom is -0.391 e. The van der Waals surface area contributed by atoms with Crippen molar-refractivity contribution in [3.8, 4) is 0 Å². The third-order valence-corrected chi connectivity index (χ3v) is 4.54. The second-order valence-electron chi connectivity index (χ2n) is 6.31. The number of amides is 1. The van der Waals surface area contributed by atoms with Crippen LogP contribution in [0.4, 0.5) is 0 Å². The number of carbonyl (C=O) groups is 1. The van der Waals surface area contributed by atoms with Crippen molar-refractivity contribution in [1.82, 2.24) is 4.90 Å². The third-order valence-electron chi connectivity index (χ3n) is 4.29. The first-order valence-electron chi connectivity index (χ1n) is 7.66. The van der Waals surface area contributed by atoms with Crippen LogP contribution in [-0.4, -0.2) is 35.1 Å². The third kappa shape index (κ3) is 4.72. The number of hydrogen-bond donors (Lipinski definition) is 1. The normalized spacial score (nSPS) is 23.9. The quantitative estimate of drug-likeness (QED) is 0.928. The maximum Gasteiger partial charge on any atom is 0.222 e. The molecule has 1 heterocycles. The second-order valence-corrected chi connectivity index (χ2v) is 6.75. The van der Waals surface area contributed by atoms with E-state index in [0.717, 1.165) is 24.4 Å². The molecule has 116 valence electrons. The Kier molecular flexibility index (Phi) is 5.65. The van der Waals surface area contributed by atoms with Crippen molar-refractivity contribution in [2.45, 2.75) is 39.2 Å². The minimum atomic E-state index is -0.380. The smallest absolute Gasteiger partial charge is 0.222 e. The Labute approximate surface area is 131 Å². The molecule has 3 nitrogen and oxygen atoms in total. The molecule has 0 bridgehead atoms. The number of piperidine rings is 1. The molecule has 0 spiro atoms. The first kappa shape index (κ1) is 16.3. The molecular weight excluding hydrogens is 286 g/mol. The molecule has 0 saturated carbocycles. The summed E-state index contributed by atoms with van der Waals surface area (Å²) in [5.74, 6) is 0.734. The van der Waals surface area contributed by atoms with Crippen molar-refractivity contribution in [3.63, 3.8) is 0 Å². The van der Waals surface area contributed by atoms with Gasteiger partial charge in [-0.15, -0.1) is 0 Å². The van der Waals surface area contributed by atoms with Crippen molar-refractivity contribution in [2.24, 2.45) is 11.8 Å². The lowest BCUT2D eigenvalue weighted by atomic mass is 9.94. The number of nitrogens with zero attached hydrogens (tertiary/aromatic N) is 1. The van der Waals surface area contributed by atoms with Gasteiger partial charge in [0.2, 0.25) is 5.91 Å². The first-order chi connectivity index (χ1) is 9.95. The predicted molar refractivity (Wildman–Crippen MR) is 85.3 cm³/mol. The van der Waals surface area contributed by atoms with Crippen LogP contribution < -0.4 is 0 Å². The van der Waals surface area contributed by atoms with E-state index in [9.17, 15) is 9.90 Å². The van der Waals surface area contributed by atoms with E-state index in [1.165, 1.54) is 5.56 Å². The molecule has 0 aromatic heterocycles. The van der Waals surface area contributed by atoms with Crippen molar-refractivity contribution in [1.29, 1.82) is 0 Å². The van der Waals surface area contributed by atoms with Crippen molar-refractivity contribution in [2.75, 3.05) is 13.1 Å². The zero-order chi connectivity index (χ0) is 15.4. The number of likely N-dealkylation sites (tertiary alicyclic amines) is 1. The van der Waals surface area contributed by atoms with Crippen LogP contribution in [0.2, 0.25) is 5.02 Å². The van der Waals surface area contributed by atoms with Crippen LogP contribution >= 0.6 is 11.6 Å². The highest BCUT2D eigenvalue weighted by molar-refractivity contribution is 6.30. The fourth-order valence-corrected chi connectivity index (χ4v) is 2.92. The summed E-state index contributed by atoms with van der Waals surface area (Å²) in [5.41, 5.74) is 1.20. The van der Waals surface area contributed by atoms with E-state index in [1.807, 2.05) is 36.1 Å². The predicted octanol–water partition coefficient (Wildman–Crippen LogP) is 3.14. The summed E-state index contributed by atoms with van der Waals surface area (Å²) < 4.78 is 0. The maximum absolute atomic E-state index is 12.3. The van der Waals surface area contributed by atoms with E-state index in [2.05, 4.69) is 6.92 Å². The highest BCUT2D eigenvalue weighted by atomic mass is 35.5. The number of rotatable bonds is 4. The van der Waals surface area contributed by atoms with E-state index in [4.69, 9.17) is 11.6 Å². The average Bonchev–Trinajstić information content (AvgIpc) is 2.44. The molecular formula is C17H24ClNO2. The van der Waals surface area contributed by atoms with Gasteiger partial charge in [0.25, 0.3) is 0 Å². The van der Waals surface area contributed by atoms with E-state index in [0.29, 0.717) is 18.9 Å². The molecule has 0 aliphatic carbocycles. The molecule has 1 aliphatic heterocycles. The fourth-order valence-electron chi connectivity index (χ4n) is 2.80. The Hall–Kier alpha value is -1.06. The molecule has 3 unspecified atom stereocenters. The largest absolute Gasteiger partial charge is 0.391 e. The summed E-state index contributed by atoms with van der Waals surface area (Å²) in [6.07, 6.45) is 1.91. The van der Waals surface area contributed by atoms with Gasteiger partial charge in [0, 0.05) is 24.5 Å². The standard InChI is InChI=1S/C17H24ClNO2/c1-12(9-14-3-5-15(18)6-4-14)10-17(21)19-8-7-13(2)16(20)11-19/h3-6,12-13,16,20H,7-11H2,1-2H3. The van der Waals surface area contributed by atoms with E-state index >= 15 is 0 Å². The van der Waals surface area contributed by atoms with Gasteiger partial charge in [-0.1, -0.05) is 37.6 Å². The van der Waals surface area contributed by atoms with Gasteiger partial charge in [-0.05, 0) is 42.4 Å². The van der Waals surface area contributed by atoms with Crippen LogP contribution in [0.25, 0.3) is 0 Å². The fraction of sp³-hybridized carbons (Fsp3) is 0.588. The van der Waals surface area contributed by atoms with Crippen molar-refractivity contribution in [3.05, 3.63) is 34.9 Å². The Bertz CT molecular complexity index is 474. The van der Waals surface area contributed by atoms with Gasteiger partial charge in [0.05, 0.1) is 6.10 Å². The second kappa shape index (κ2) is 7.28. The molecule has 1 aliphatic rings. The first-order valence-corrected chi connectivity index (χ1v) is 8.03. The van der Waals surface area contributed by atoms with Crippen LogP contribution in [0.1, 0.15) is 32.3 Å². The molecule has 2 rings (SSSR count). The van der Waals surface area contributed by atoms with Gasteiger partial charge in [-0.3, -0.25) is 4.79 Å². The Morgan fingerprint density at radius 3 is 2.71 bits per heavy atom. The summed E-state index contributed by atoms with van der Waals surface area (Å²) in [6.45, 7) is 5.38. The number of benzene rings is 1. The van der Waals surface area contributed by atoms with Crippen LogP contribution in [0, 0.1) is 11.8 Å². The molecule has 1 aromatic carbocycles. The number of β-amino-alcohol motifs (C(OH)–C–C–N with tert-alkyl or cyclic N) is 1. The Morgan fingerprint density at radius 2 is 2.10 bits per heavy atom. The highest BCUT2D eigenvalue weighted by Crippen LogP contribution is 2.20. The minimum absolute atomic E-state index is 0.155. The lowest BCUT2D eigenvalue weighted by Gasteiger charge is -2.34. The number of halogens is 1. The molecule has 1 fully saturated rings. The average molecular weight is 310 g/mol. The Balaban J connectivity index is 1.83. The molecule has 1 saturated heterocycles. The molecule has 4 heteroatoms. The molecule has 1 N–H and O–H groups in total. The topological polar surface area (TPSA) is 40.5 Å². The van der Waals surface area contributed by atoms with Crippen molar-refractivity contribution >= 4 is 17.5 Å². The SMILES string of the molecule is CC(CC(=O)N1CCC(C)C(O)C1)Cc1ccc(Cl)cc1. The van der Waals surface area contributed by atoms with Crippen LogP contribution in [0.3, 0.4) is 0 Å². The van der Waals surface area contributed by atoms with Gasteiger partial charge in [0.15, 0.2) is 0 Å². The van der Waals surface area contributed by atoms with Crippen molar-refractivity contribution < 1.29 is 9.90 Å². The number of aliphatic hydroxyl groups excluding tert-OH is 1. The maximum atomic E-state index is 12.3. The van der Waals surface area contributed by atoms with Gasteiger partial charge < -0.3 is 10.0 Å². The number of carbonyl (C=O) groups excluding carboxylic acids is 1. The van der Waals surface area contributed by atoms with Gasteiger partial charge >= 0.3 is 0 Å². The molecule has 21 heavy (non-hydrogen) atoms. The lowest BCUT2D eigenvalue weighted by Crippen LogP contribution is -2.46. The summed E-state index contributed by atoms with van der Waals surface area (Å²) in [7, 11) is 0. The lowest BCUT2D eigenvalue weighted by molar-refractivity contribution is -0.136. The summed E-state index contributed by atoms with van der Waals surface area (Å²) in [6, 6.07) is 7.78. The van der Waals surface area contributed by atoms with Gasteiger partial charge in [-0.25, -0.2) is 0 Å². The van der Waals surface area contributed by atoms with Crippen LogP contribution in [0.15, 0.2) is 24.3 Å². The van der Waals surface area contributed by atoms with Crippen LogP contribution in [-0.2, 0) is 11.2 Å². The molecule has 1 amide bonds. The van der Waals surface area contributed by atoms with Gasteiger partial charge in [0.1, 0.15) is 0 Å². The van der Waals surface area contributed by atoms with E-state index < -0.39 is 0 Å². The van der Waals surface area contributed by atoms with E-state index in [-0.39, 0.29) is 17.9 Å². The monoisotopic (exact) mass is 309 g/mol. The molecule has 3 atom stereocenters. The zero-order valence-electron chi connectivity index (χ0n) is 12.8. The van der Waals surface area contributed by atoms with E-state index in [1.54, 1.807) is 0 Å². The summed E-state index contributed by atoms with van der Waals surface area (Å²) in [4.78, 5) is 14.1. The van der Waals surface area contributed by atoms with Gasteiger partial charge in [-0.2, -0.15) is 0 Å².